The van der Waals surface area contributed by atoms with E-state index >= 15 is 0 Å². The van der Waals surface area contributed by atoms with E-state index in [2.05, 4.69) is 33.9 Å². The summed E-state index contributed by atoms with van der Waals surface area (Å²) in [5, 5.41) is 10.9. The van der Waals surface area contributed by atoms with Crippen molar-refractivity contribution in [3.63, 3.8) is 0 Å². The summed E-state index contributed by atoms with van der Waals surface area (Å²) >= 11 is 0. The molecule has 0 radical (unpaired) electrons. The molecule has 142 valence electrons. The SMILES string of the molecule is COC(=O)[C@@]12C(=O)CC[C@@](C)(O)C1=CCC[C@H]2O[Si](C)(C)C(C)(C)C. The number of carbonyl (C=O) groups is 2. The highest BCUT2D eigenvalue weighted by molar-refractivity contribution is 6.74. The first kappa shape index (κ1) is 20.3. The van der Waals surface area contributed by atoms with Crippen LogP contribution in [0.15, 0.2) is 11.6 Å². The molecule has 0 aromatic carbocycles. The molecule has 0 amide bonds. The molecule has 0 aliphatic heterocycles. The largest absolute Gasteiger partial charge is 0.468 e. The molecule has 1 fully saturated rings. The Morgan fingerprint density at radius 1 is 1.36 bits per heavy atom. The molecule has 2 aliphatic carbocycles. The normalized spacial score (nSPS) is 33.5. The Balaban J connectivity index is 2.59. The average molecular weight is 369 g/mol. The molecule has 0 aromatic rings. The molecule has 25 heavy (non-hydrogen) atoms. The Bertz CT molecular complexity index is 589. The van der Waals surface area contributed by atoms with Gasteiger partial charge in [-0.1, -0.05) is 26.8 Å². The lowest BCUT2D eigenvalue weighted by molar-refractivity contribution is -0.168. The zero-order valence-electron chi connectivity index (χ0n) is 16.6. The van der Waals surface area contributed by atoms with Crippen LogP contribution in [0, 0.1) is 5.41 Å². The number of carbonyl (C=O) groups excluding carboxylic acids is 2. The van der Waals surface area contributed by atoms with Gasteiger partial charge in [-0.3, -0.25) is 9.59 Å². The van der Waals surface area contributed by atoms with E-state index in [0.29, 0.717) is 24.8 Å². The van der Waals surface area contributed by atoms with Crippen molar-refractivity contribution in [2.24, 2.45) is 5.41 Å². The third kappa shape index (κ3) is 3.13. The fourth-order valence-corrected chi connectivity index (χ4v) is 5.15. The molecule has 5 nitrogen and oxygen atoms in total. The minimum Gasteiger partial charge on any atom is -0.468 e. The van der Waals surface area contributed by atoms with Gasteiger partial charge in [0.15, 0.2) is 19.5 Å². The molecule has 1 saturated carbocycles. The molecule has 6 heteroatoms. The molecule has 2 rings (SSSR count). The lowest BCUT2D eigenvalue weighted by Crippen LogP contribution is -2.62. The summed E-state index contributed by atoms with van der Waals surface area (Å²) in [6.07, 6.45) is 2.99. The van der Waals surface area contributed by atoms with Gasteiger partial charge in [0, 0.05) is 6.42 Å². The van der Waals surface area contributed by atoms with Crippen LogP contribution in [0.3, 0.4) is 0 Å². The maximum Gasteiger partial charge on any atom is 0.326 e. The number of rotatable bonds is 3. The number of hydrogen-bond acceptors (Lipinski definition) is 5. The Morgan fingerprint density at radius 3 is 2.48 bits per heavy atom. The molecule has 0 spiro atoms. The van der Waals surface area contributed by atoms with E-state index in [9.17, 15) is 14.7 Å². The van der Waals surface area contributed by atoms with Gasteiger partial charge in [0.2, 0.25) is 0 Å². The lowest BCUT2D eigenvalue weighted by Gasteiger charge is -2.52. The van der Waals surface area contributed by atoms with Crippen LogP contribution in [0.5, 0.6) is 0 Å². The number of aliphatic hydroxyl groups is 1. The van der Waals surface area contributed by atoms with Gasteiger partial charge < -0.3 is 14.3 Å². The van der Waals surface area contributed by atoms with Crippen molar-refractivity contribution < 1.29 is 23.9 Å². The summed E-state index contributed by atoms with van der Waals surface area (Å²) < 4.78 is 11.6. The minimum absolute atomic E-state index is 0.0497. The average Bonchev–Trinajstić information content (AvgIpc) is 2.49. The number of methoxy groups -OCH3 is 1. The molecule has 0 saturated heterocycles. The molecular formula is C19H32O5Si. The van der Waals surface area contributed by atoms with Crippen molar-refractivity contribution in [2.45, 2.75) is 83.2 Å². The first-order valence-corrected chi connectivity index (χ1v) is 11.9. The number of esters is 1. The summed E-state index contributed by atoms with van der Waals surface area (Å²) in [7, 11) is -0.924. The summed E-state index contributed by atoms with van der Waals surface area (Å²) in [6, 6.07) is 0. The Hall–Kier alpha value is -0.983. The number of allylic oxidation sites excluding steroid dienone is 1. The summed E-state index contributed by atoms with van der Waals surface area (Å²) in [6.45, 7) is 12.3. The van der Waals surface area contributed by atoms with E-state index < -0.39 is 31.4 Å². The van der Waals surface area contributed by atoms with E-state index in [-0.39, 0.29) is 17.2 Å². The summed E-state index contributed by atoms with van der Waals surface area (Å²) in [5.74, 6) is -0.798. The maximum absolute atomic E-state index is 13.1. The van der Waals surface area contributed by atoms with Gasteiger partial charge in [-0.15, -0.1) is 0 Å². The van der Waals surface area contributed by atoms with Crippen molar-refractivity contribution in [1.29, 1.82) is 0 Å². The smallest absolute Gasteiger partial charge is 0.326 e. The third-order valence-electron chi connectivity index (χ3n) is 6.29. The van der Waals surface area contributed by atoms with Crippen LogP contribution >= 0.6 is 0 Å². The van der Waals surface area contributed by atoms with E-state index in [4.69, 9.17) is 9.16 Å². The van der Waals surface area contributed by atoms with Crippen LogP contribution in [-0.2, 0) is 18.8 Å². The molecule has 0 heterocycles. The van der Waals surface area contributed by atoms with Crippen LogP contribution < -0.4 is 0 Å². The highest BCUT2D eigenvalue weighted by Gasteiger charge is 2.64. The number of Topliss-reactive ketones (excluding diaryl/α,β-unsaturated/α-hetero) is 1. The van der Waals surface area contributed by atoms with E-state index in [1.807, 2.05) is 6.08 Å². The Labute approximate surface area is 151 Å². The van der Waals surface area contributed by atoms with Crippen molar-refractivity contribution in [1.82, 2.24) is 0 Å². The highest BCUT2D eigenvalue weighted by Crippen LogP contribution is 2.53. The van der Waals surface area contributed by atoms with Crippen LogP contribution in [-0.4, -0.2) is 44.0 Å². The topological polar surface area (TPSA) is 72.8 Å². The Kier molecular flexibility index (Phi) is 5.14. The van der Waals surface area contributed by atoms with Gasteiger partial charge in [-0.05, 0) is 49.9 Å². The predicted octanol–water partition coefficient (Wildman–Crippen LogP) is 3.37. The second-order valence-corrected chi connectivity index (χ2v) is 13.8. The van der Waals surface area contributed by atoms with Crippen LogP contribution in [0.1, 0.15) is 53.4 Å². The van der Waals surface area contributed by atoms with Crippen molar-refractivity contribution in [2.75, 3.05) is 7.11 Å². The zero-order valence-corrected chi connectivity index (χ0v) is 17.6. The molecule has 0 bridgehead atoms. The van der Waals surface area contributed by atoms with Gasteiger partial charge in [0.25, 0.3) is 0 Å². The second kappa shape index (κ2) is 6.32. The van der Waals surface area contributed by atoms with Crippen LogP contribution in [0.25, 0.3) is 0 Å². The molecule has 0 aromatic heterocycles. The zero-order chi connectivity index (χ0) is 19.3. The van der Waals surface area contributed by atoms with Gasteiger partial charge >= 0.3 is 5.97 Å². The molecule has 0 unspecified atom stereocenters. The fraction of sp³-hybridized carbons (Fsp3) is 0.789. The third-order valence-corrected chi connectivity index (χ3v) is 10.8. The van der Waals surface area contributed by atoms with E-state index in [1.165, 1.54) is 7.11 Å². The van der Waals surface area contributed by atoms with Gasteiger partial charge in [0.1, 0.15) is 0 Å². The monoisotopic (exact) mass is 368 g/mol. The van der Waals surface area contributed by atoms with Crippen molar-refractivity contribution >= 4 is 20.1 Å². The van der Waals surface area contributed by atoms with Crippen molar-refractivity contribution in [3.8, 4) is 0 Å². The summed E-state index contributed by atoms with van der Waals surface area (Å²) in [5.41, 5.74) is -2.24. The lowest BCUT2D eigenvalue weighted by atomic mass is 9.57. The number of ketones is 1. The first-order chi connectivity index (χ1) is 11.3. The van der Waals surface area contributed by atoms with E-state index in [1.54, 1.807) is 6.92 Å². The predicted molar refractivity (Wildman–Crippen MR) is 98.7 cm³/mol. The quantitative estimate of drug-likeness (QED) is 0.358. The molecular weight excluding hydrogens is 336 g/mol. The first-order valence-electron chi connectivity index (χ1n) is 9.04. The van der Waals surface area contributed by atoms with E-state index in [0.717, 1.165) is 0 Å². The maximum atomic E-state index is 13.1. The second-order valence-electron chi connectivity index (χ2n) is 9.06. The molecule has 3 atom stereocenters. The number of hydrogen-bond donors (Lipinski definition) is 1. The van der Waals surface area contributed by atoms with Crippen LogP contribution in [0.2, 0.25) is 18.1 Å². The molecule has 1 N–H and O–H groups in total. The number of ether oxygens (including phenoxy) is 1. The highest BCUT2D eigenvalue weighted by atomic mass is 28.4. The Morgan fingerprint density at radius 2 is 1.96 bits per heavy atom. The summed E-state index contributed by atoms with van der Waals surface area (Å²) in [4.78, 5) is 26.0. The van der Waals surface area contributed by atoms with Gasteiger partial charge in [-0.25, -0.2) is 0 Å². The number of fused-ring (bicyclic) bond motifs is 1. The van der Waals surface area contributed by atoms with Gasteiger partial charge in [-0.2, -0.15) is 0 Å². The van der Waals surface area contributed by atoms with Gasteiger partial charge in [0.05, 0.1) is 18.8 Å². The van der Waals surface area contributed by atoms with Crippen molar-refractivity contribution in [3.05, 3.63) is 11.6 Å². The minimum atomic E-state index is -2.22. The molecule has 2 aliphatic rings. The van der Waals surface area contributed by atoms with Crippen LogP contribution in [0.4, 0.5) is 0 Å². The fourth-order valence-electron chi connectivity index (χ4n) is 3.79. The standard InChI is InChI=1S/C19H32O5Si/c1-17(2,3)25(6,7)24-15-10-8-9-13-18(4,22)12-11-14(20)19(13,15)16(21)23-5/h9,15,22H,8,10-12H2,1-7H3/t15-,18-,19-/m1/s1.